The maximum absolute atomic E-state index is 12.6. The SMILES string of the molecule is CCCCCN(CCC(=O)NCc1ccco1)C(=O)c1cnccn1. The number of amides is 2. The number of hydrogen-bond acceptors (Lipinski definition) is 5. The first kappa shape index (κ1) is 18.6. The first-order valence-corrected chi connectivity index (χ1v) is 8.55. The van der Waals surface area contributed by atoms with Crippen molar-refractivity contribution in [3.05, 3.63) is 48.4 Å². The van der Waals surface area contributed by atoms with E-state index in [-0.39, 0.29) is 18.2 Å². The van der Waals surface area contributed by atoms with E-state index in [0.717, 1.165) is 19.3 Å². The second-order valence-corrected chi connectivity index (χ2v) is 5.70. The third-order valence-corrected chi connectivity index (χ3v) is 3.75. The smallest absolute Gasteiger partial charge is 0.274 e. The number of carbonyl (C=O) groups excluding carboxylic acids is 2. The van der Waals surface area contributed by atoms with Gasteiger partial charge in [-0.3, -0.25) is 14.6 Å². The summed E-state index contributed by atoms with van der Waals surface area (Å²) < 4.78 is 5.18. The molecule has 0 bridgehead atoms. The van der Waals surface area contributed by atoms with Gasteiger partial charge in [0.2, 0.25) is 5.91 Å². The van der Waals surface area contributed by atoms with Crippen molar-refractivity contribution >= 4 is 11.8 Å². The van der Waals surface area contributed by atoms with Crippen LogP contribution in [0.1, 0.15) is 48.9 Å². The highest BCUT2D eigenvalue weighted by atomic mass is 16.3. The second kappa shape index (κ2) is 10.2. The predicted molar refractivity (Wildman–Crippen MR) is 92.6 cm³/mol. The minimum atomic E-state index is -0.192. The van der Waals surface area contributed by atoms with Crippen molar-refractivity contribution in [1.82, 2.24) is 20.2 Å². The van der Waals surface area contributed by atoms with Gasteiger partial charge in [0.1, 0.15) is 11.5 Å². The molecule has 0 saturated carbocycles. The normalized spacial score (nSPS) is 10.4. The van der Waals surface area contributed by atoms with Crippen LogP contribution in [0.4, 0.5) is 0 Å². The molecular formula is C18H24N4O3. The predicted octanol–water partition coefficient (Wildman–Crippen LogP) is 2.41. The number of furan rings is 1. The Labute approximate surface area is 147 Å². The zero-order valence-electron chi connectivity index (χ0n) is 14.5. The molecule has 0 radical (unpaired) electrons. The van der Waals surface area contributed by atoms with Gasteiger partial charge in [0, 0.05) is 31.9 Å². The summed E-state index contributed by atoms with van der Waals surface area (Å²) in [5.74, 6) is 0.385. The molecule has 2 aromatic rings. The molecule has 2 rings (SSSR count). The van der Waals surface area contributed by atoms with Gasteiger partial charge in [-0.05, 0) is 18.6 Å². The average molecular weight is 344 g/mol. The van der Waals surface area contributed by atoms with E-state index in [0.29, 0.717) is 31.1 Å². The maximum Gasteiger partial charge on any atom is 0.274 e. The lowest BCUT2D eigenvalue weighted by atomic mass is 10.2. The molecule has 2 heterocycles. The quantitative estimate of drug-likeness (QED) is 0.669. The fourth-order valence-corrected chi connectivity index (χ4v) is 2.36. The number of nitrogens with zero attached hydrogens (tertiary/aromatic N) is 3. The van der Waals surface area contributed by atoms with Crippen LogP contribution in [0.2, 0.25) is 0 Å². The first-order chi connectivity index (χ1) is 12.2. The molecule has 134 valence electrons. The van der Waals surface area contributed by atoms with E-state index in [1.54, 1.807) is 23.3 Å². The monoisotopic (exact) mass is 344 g/mol. The molecule has 0 unspecified atom stereocenters. The fraction of sp³-hybridized carbons (Fsp3) is 0.444. The number of aromatic nitrogens is 2. The van der Waals surface area contributed by atoms with Crippen molar-refractivity contribution in [1.29, 1.82) is 0 Å². The van der Waals surface area contributed by atoms with E-state index in [2.05, 4.69) is 22.2 Å². The molecule has 0 saturated heterocycles. The van der Waals surface area contributed by atoms with E-state index in [4.69, 9.17) is 4.42 Å². The zero-order chi connectivity index (χ0) is 17.9. The van der Waals surface area contributed by atoms with Crippen LogP contribution in [0.25, 0.3) is 0 Å². The Kier molecular flexibility index (Phi) is 7.62. The molecule has 7 nitrogen and oxygen atoms in total. The molecule has 0 spiro atoms. The van der Waals surface area contributed by atoms with Crippen molar-refractivity contribution in [3.63, 3.8) is 0 Å². The lowest BCUT2D eigenvalue weighted by Gasteiger charge is -2.22. The summed E-state index contributed by atoms with van der Waals surface area (Å²) in [5, 5.41) is 2.79. The summed E-state index contributed by atoms with van der Waals surface area (Å²) >= 11 is 0. The Balaban J connectivity index is 1.86. The molecule has 0 fully saturated rings. The largest absolute Gasteiger partial charge is 0.467 e. The van der Waals surface area contributed by atoms with Gasteiger partial charge in [0.05, 0.1) is 19.0 Å². The van der Waals surface area contributed by atoms with E-state index in [1.807, 2.05) is 0 Å². The third kappa shape index (κ3) is 6.37. The van der Waals surface area contributed by atoms with Gasteiger partial charge < -0.3 is 14.6 Å². The molecule has 0 aliphatic heterocycles. The van der Waals surface area contributed by atoms with E-state index in [1.165, 1.54) is 18.6 Å². The van der Waals surface area contributed by atoms with Crippen LogP contribution in [-0.2, 0) is 11.3 Å². The topological polar surface area (TPSA) is 88.3 Å². The van der Waals surface area contributed by atoms with Crippen LogP contribution in [-0.4, -0.2) is 39.8 Å². The zero-order valence-corrected chi connectivity index (χ0v) is 14.5. The highest BCUT2D eigenvalue weighted by Crippen LogP contribution is 2.06. The Morgan fingerprint density at radius 3 is 2.80 bits per heavy atom. The average Bonchev–Trinajstić information content (AvgIpc) is 3.16. The second-order valence-electron chi connectivity index (χ2n) is 5.70. The van der Waals surface area contributed by atoms with Crippen molar-refractivity contribution < 1.29 is 14.0 Å². The van der Waals surface area contributed by atoms with E-state index >= 15 is 0 Å². The number of nitrogens with one attached hydrogen (secondary N) is 1. The molecule has 7 heteroatoms. The number of hydrogen-bond donors (Lipinski definition) is 1. The summed E-state index contributed by atoms with van der Waals surface area (Å²) in [6.07, 6.45) is 9.28. The van der Waals surface area contributed by atoms with Crippen LogP contribution in [0, 0.1) is 0 Å². The van der Waals surface area contributed by atoms with Crippen LogP contribution in [0.15, 0.2) is 41.4 Å². The Hall–Kier alpha value is -2.70. The van der Waals surface area contributed by atoms with Gasteiger partial charge in [-0.25, -0.2) is 4.98 Å². The Bertz CT molecular complexity index is 644. The van der Waals surface area contributed by atoms with Gasteiger partial charge in [0.15, 0.2) is 0 Å². The number of rotatable bonds is 10. The molecule has 0 aliphatic rings. The van der Waals surface area contributed by atoms with Gasteiger partial charge in [0.25, 0.3) is 5.91 Å². The van der Waals surface area contributed by atoms with Crippen LogP contribution < -0.4 is 5.32 Å². The fourth-order valence-electron chi connectivity index (χ4n) is 2.36. The summed E-state index contributed by atoms with van der Waals surface area (Å²) in [6.45, 7) is 3.41. The maximum atomic E-state index is 12.6. The summed E-state index contributed by atoms with van der Waals surface area (Å²) in [5.41, 5.74) is 0.301. The van der Waals surface area contributed by atoms with E-state index < -0.39 is 0 Å². The molecule has 25 heavy (non-hydrogen) atoms. The van der Waals surface area contributed by atoms with Crippen molar-refractivity contribution in [2.24, 2.45) is 0 Å². The van der Waals surface area contributed by atoms with Gasteiger partial charge in [-0.2, -0.15) is 0 Å². The first-order valence-electron chi connectivity index (χ1n) is 8.55. The van der Waals surface area contributed by atoms with Gasteiger partial charge in [-0.15, -0.1) is 0 Å². The summed E-state index contributed by atoms with van der Waals surface area (Å²) in [4.78, 5) is 34.3. The lowest BCUT2D eigenvalue weighted by molar-refractivity contribution is -0.121. The molecule has 2 aromatic heterocycles. The van der Waals surface area contributed by atoms with Gasteiger partial charge >= 0.3 is 0 Å². The minimum Gasteiger partial charge on any atom is -0.467 e. The minimum absolute atomic E-state index is 0.121. The van der Waals surface area contributed by atoms with Crippen molar-refractivity contribution in [3.8, 4) is 0 Å². The van der Waals surface area contributed by atoms with Crippen LogP contribution in [0.5, 0.6) is 0 Å². The molecule has 2 amide bonds. The summed E-state index contributed by atoms with van der Waals surface area (Å²) in [7, 11) is 0. The van der Waals surface area contributed by atoms with Crippen LogP contribution in [0.3, 0.4) is 0 Å². The van der Waals surface area contributed by atoms with Crippen LogP contribution >= 0.6 is 0 Å². The van der Waals surface area contributed by atoms with Gasteiger partial charge in [-0.1, -0.05) is 19.8 Å². The lowest BCUT2D eigenvalue weighted by Crippen LogP contribution is -2.36. The Morgan fingerprint density at radius 1 is 1.24 bits per heavy atom. The number of carbonyl (C=O) groups is 2. The Morgan fingerprint density at radius 2 is 2.12 bits per heavy atom. The number of unbranched alkanes of at least 4 members (excludes halogenated alkanes) is 2. The molecule has 0 atom stereocenters. The van der Waals surface area contributed by atoms with Crippen molar-refractivity contribution in [2.45, 2.75) is 39.2 Å². The highest BCUT2D eigenvalue weighted by Gasteiger charge is 2.18. The van der Waals surface area contributed by atoms with E-state index in [9.17, 15) is 9.59 Å². The van der Waals surface area contributed by atoms with Crippen molar-refractivity contribution in [2.75, 3.05) is 13.1 Å². The standard InChI is InChI=1S/C18H24N4O3/c1-2-3-4-10-22(18(24)16-14-19-8-9-20-16)11-7-17(23)21-13-15-6-5-12-25-15/h5-6,8-9,12,14H,2-4,7,10-11,13H2,1H3,(H,21,23). The summed E-state index contributed by atoms with van der Waals surface area (Å²) in [6, 6.07) is 3.57. The molecule has 0 aliphatic carbocycles. The third-order valence-electron chi connectivity index (χ3n) is 3.75. The molecule has 1 N–H and O–H groups in total. The molecular weight excluding hydrogens is 320 g/mol. The highest BCUT2D eigenvalue weighted by molar-refractivity contribution is 5.92. The molecule has 0 aromatic carbocycles.